The fraction of sp³-hybridized carbons (Fsp3) is 0.154. The van der Waals surface area contributed by atoms with Crippen LogP contribution in [0.25, 0.3) is 0 Å². The number of aromatic nitrogens is 1. The van der Waals surface area contributed by atoms with Gasteiger partial charge in [0.2, 0.25) is 0 Å². The van der Waals surface area contributed by atoms with Gasteiger partial charge in [0, 0.05) is 17.8 Å². The topological polar surface area (TPSA) is 64.9 Å². The first-order chi connectivity index (χ1) is 8.16. The highest BCUT2D eigenvalue weighted by molar-refractivity contribution is 5.33. The molecule has 0 aliphatic heterocycles. The van der Waals surface area contributed by atoms with E-state index in [0.717, 1.165) is 5.56 Å². The number of nitrogens with zero attached hydrogens (tertiary/aromatic N) is 1. The Morgan fingerprint density at radius 1 is 1.24 bits per heavy atom. The van der Waals surface area contributed by atoms with Crippen LogP contribution < -0.4 is 11.5 Å². The third kappa shape index (κ3) is 2.79. The molecule has 0 saturated heterocycles. The summed E-state index contributed by atoms with van der Waals surface area (Å²) in [5.41, 5.74) is 13.0. The second kappa shape index (κ2) is 4.93. The summed E-state index contributed by atoms with van der Waals surface area (Å²) in [7, 11) is 0. The van der Waals surface area contributed by atoms with E-state index in [1.54, 1.807) is 30.5 Å². The van der Waals surface area contributed by atoms with Gasteiger partial charge in [-0.15, -0.1) is 0 Å². The number of benzene rings is 1. The van der Waals surface area contributed by atoms with Gasteiger partial charge in [-0.2, -0.15) is 0 Å². The van der Waals surface area contributed by atoms with Crippen molar-refractivity contribution in [1.82, 2.24) is 4.98 Å². The number of rotatable bonds is 3. The Morgan fingerprint density at radius 3 is 2.71 bits per heavy atom. The highest BCUT2D eigenvalue weighted by atomic mass is 19.1. The van der Waals surface area contributed by atoms with Gasteiger partial charge in [0.1, 0.15) is 11.6 Å². The zero-order valence-corrected chi connectivity index (χ0v) is 9.31. The molecular weight excluding hydrogens is 217 g/mol. The van der Waals surface area contributed by atoms with Crippen LogP contribution in [0.5, 0.6) is 0 Å². The summed E-state index contributed by atoms with van der Waals surface area (Å²) in [6.07, 6.45) is 2.16. The first-order valence-electron chi connectivity index (χ1n) is 5.37. The standard InChI is InChI=1S/C13H14FN3/c14-11-4-2-1-3-10(11)12(15)7-9-5-6-17-13(16)8-9/h1-6,8,12H,7,15H2,(H2,16,17). The first-order valence-corrected chi connectivity index (χ1v) is 5.37. The van der Waals surface area contributed by atoms with Crippen LogP contribution in [0.15, 0.2) is 42.6 Å². The van der Waals surface area contributed by atoms with E-state index in [4.69, 9.17) is 11.5 Å². The molecule has 4 N–H and O–H groups in total. The maximum atomic E-state index is 13.5. The van der Waals surface area contributed by atoms with Crippen LogP contribution in [0, 0.1) is 5.82 Å². The van der Waals surface area contributed by atoms with Crippen LogP contribution >= 0.6 is 0 Å². The van der Waals surface area contributed by atoms with Gasteiger partial charge >= 0.3 is 0 Å². The molecule has 1 atom stereocenters. The molecule has 1 aromatic heterocycles. The van der Waals surface area contributed by atoms with Crippen LogP contribution in [0.2, 0.25) is 0 Å². The Hall–Kier alpha value is -1.94. The Labute approximate surface area is 99.3 Å². The zero-order chi connectivity index (χ0) is 12.3. The summed E-state index contributed by atoms with van der Waals surface area (Å²) in [5.74, 6) is 0.172. The Bertz CT molecular complexity index is 514. The predicted molar refractivity (Wildman–Crippen MR) is 65.7 cm³/mol. The van der Waals surface area contributed by atoms with Crippen LogP contribution in [-0.2, 0) is 6.42 Å². The molecule has 0 spiro atoms. The summed E-state index contributed by atoms with van der Waals surface area (Å²) in [5, 5.41) is 0. The van der Waals surface area contributed by atoms with Gasteiger partial charge in [0.25, 0.3) is 0 Å². The summed E-state index contributed by atoms with van der Waals surface area (Å²) >= 11 is 0. The molecule has 1 aromatic carbocycles. The number of nitrogens with two attached hydrogens (primary N) is 2. The van der Waals surface area contributed by atoms with Crippen LogP contribution in [0.4, 0.5) is 10.2 Å². The molecule has 1 unspecified atom stereocenters. The largest absolute Gasteiger partial charge is 0.384 e. The van der Waals surface area contributed by atoms with Crippen molar-refractivity contribution in [2.45, 2.75) is 12.5 Å². The number of halogens is 1. The second-order valence-electron chi connectivity index (χ2n) is 3.92. The van der Waals surface area contributed by atoms with Gasteiger partial charge in [-0.05, 0) is 30.2 Å². The molecule has 17 heavy (non-hydrogen) atoms. The van der Waals surface area contributed by atoms with E-state index in [-0.39, 0.29) is 11.9 Å². The van der Waals surface area contributed by atoms with E-state index >= 15 is 0 Å². The number of anilines is 1. The maximum Gasteiger partial charge on any atom is 0.127 e. The summed E-state index contributed by atoms with van der Waals surface area (Å²) in [6.45, 7) is 0. The molecule has 0 bridgehead atoms. The zero-order valence-electron chi connectivity index (χ0n) is 9.31. The van der Waals surface area contributed by atoms with Crippen molar-refractivity contribution in [2.24, 2.45) is 5.73 Å². The monoisotopic (exact) mass is 231 g/mol. The lowest BCUT2D eigenvalue weighted by Gasteiger charge is -2.13. The van der Waals surface area contributed by atoms with E-state index in [2.05, 4.69) is 4.98 Å². The SMILES string of the molecule is Nc1cc(CC(N)c2ccccc2F)ccn1. The second-order valence-corrected chi connectivity index (χ2v) is 3.92. The third-order valence-corrected chi connectivity index (χ3v) is 2.61. The molecule has 0 aliphatic carbocycles. The normalized spacial score (nSPS) is 12.4. The highest BCUT2D eigenvalue weighted by Crippen LogP contribution is 2.19. The molecule has 0 aliphatic rings. The molecule has 4 heteroatoms. The van der Waals surface area contributed by atoms with Crippen molar-refractivity contribution in [3.63, 3.8) is 0 Å². The van der Waals surface area contributed by atoms with Gasteiger partial charge in [0.05, 0.1) is 0 Å². The molecule has 2 aromatic rings. The van der Waals surface area contributed by atoms with Crippen LogP contribution in [0.1, 0.15) is 17.2 Å². The van der Waals surface area contributed by atoms with Crippen molar-refractivity contribution < 1.29 is 4.39 Å². The van der Waals surface area contributed by atoms with E-state index in [0.29, 0.717) is 17.8 Å². The van der Waals surface area contributed by atoms with Crippen molar-refractivity contribution >= 4 is 5.82 Å². The van der Waals surface area contributed by atoms with Crippen molar-refractivity contribution in [2.75, 3.05) is 5.73 Å². The number of hydrogen-bond acceptors (Lipinski definition) is 3. The van der Waals surface area contributed by atoms with Gasteiger partial charge < -0.3 is 11.5 Å². The molecular formula is C13H14FN3. The predicted octanol–water partition coefficient (Wildman–Crippen LogP) is 2.05. The quantitative estimate of drug-likeness (QED) is 0.849. The smallest absolute Gasteiger partial charge is 0.127 e. The minimum Gasteiger partial charge on any atom is -0.384 e. The van der Waals surface area contributed by atoms with Gasteiger partial charge in [-0.25, -0.2) is 9.37 Å². The molecule has 0 saturated carbocycles. The third-order valence-electron chi connectivity index (χ3n) is 2.61. The van der Waals surface area contributed by atoms with Crippen LogP contribution in [-0.4, -0.2) is 4.98 Å². The molecule has 1 heterocycles. The van der Waals surface area contributed by atoms with E-state index in [1.165, 1.54) is 6.07 Å². The number of pyridine rings is 1. The van der Waals surface area contributed by atoms with E-state index in [9.17, 15) is 4.39 Å². The first kappa shape index (κ1) is 11.5. The average Bonchev–Trinajstić information content (AvgIpc) is 2.29. The van der Waals surface area contributed by atoms with Gasteiger partial charge in [0.15, 0.2) is 0 Å². The van der Waals surface area contributed by atoms with E-state index < -0.39 is 0 Å². The minimum absolute atomic E-state index is 0.276. The fourth-order valence-electron chi connectivity index (χ4n) is 1.76. The molecule has 3 nitrogen and oxygen atoms in total. The Balaban J connectivity index is 2.17. The Morgan fingerprint density at radius 2 is 2.00 bits per heavy atom. The maximum absolute atomic E-state index is 13.5. The summed E-state index contributed by atoms with van der Waals surface area (Å²) in [4.78, 5) is 3.90. The molecule has 88 valence electrons. The highest BCUT2D eigenvalue weighted by Gasteiger charge is 2.11. The average molecular weight is 231 g/mol. The molecule has 0 amide bonds. The van der Waals surface area contributed by atoms with Crippen molar-refractivity contribution in [3.05, 3.63) is 59.5 Å². The number of hydrogen-bond donors (Lipinski definition) is 2. The van der Waals surface area contributed by atoms with Crippen molar-refractivity contribution in [3.8, 4) is 0 Å². The van der Waals surface area contributed by atoms with Crippen molar-refractivity contribution in [1.29, 1.82) is 0 Å². The van der Waals surface area contributed by atoms with Gasteiger partial charge in [-0.1, -0.05) is 18.2 Å². The Kier molecular flexibility index (Phi) is 3.35. The van der Waals surface area contributed by atoms with E-state index in [1.807, 2.05) is 6.07 Å². The van der Waals surface area contributed by atoms with Gasteiger partial charge in [-0.3, -0.25) is 0 Å². The molecule has 0 fully saturated rings. The summed E-state index contributed by atoms with van der Waals surface area (Å²) in [6, 6.07) is 9.74. The lowest BCUT2D eigenvalue weighted by atomic mass is 10.00. The fourth-order valence-corrected chi connectivity index (χ4v) is 1.76. The minimum atomic E-state index is -0.377. The summed E-state index contributed by atoms with van der Waals surface area (Å²) < 4.78 is 13.5. The lowest BCUT2D eigenvalue weighted by molar-refractivity contribution is 0.580. The number of nitrogen functional groups attached to an aromatic ring is 1. The van der Waals surface area contributed by atoms with Crippen LogP contribution in [0.3, 0.4) is 0 Å². The molecule has 2 rings (SSSR count). The molecule has 0 radical (unpaired) electrons. The lowest BCUT2D eigenvalue weighted by Crippen LogP contribution is -2.15.